The van der Waals surface area contributed by atoms with Gasteiger partial charge in [-0.2, -0.15) is 0 Å². The van der Waals surface area contributed by atoms with E-state index in [1.54, 1.807) is 6.08 Å². The molecule has 8 heteroatoms. The lowest BCUT2D eigenvalue weighted by molar-refractivity contribution is -0.117. The molecule has 1 saturated heterocycles. The Hall–Kier alpha value is -3.75. The van der Waals surface area contributed by atoms with E-state index < -0.39 is 17.5 Å². The predicted octanol–water partition coefficient (Wildman–Crippen LogP) is 5.71. The highest BCUT2D eigenvalue weighted by molar-refractivity contribution is 6.26. The van der Waals surface area contributed by atoms with Crippen molar-refractivity contribution in [3.63, 3.8) is 0 Å². The van der Waals surface area contributed by atoms with Gasteiger partial charge in [-0.1, -0.05) is 30.3 Å². The number of nitrogens with zero attached hydrogens (tertiary/aromatic N) is 1. The third-order valence-electron chi connectivity index (χ3n) is 8.98. The van der Waals surface area contributed by atoms with E-state index in [0.717, 1.165) is 42.1 Å². The summed E-state index contributed by atoms with van der Waals surface area (Å²) in [6.45, 7) is 2.04. The molecular weight excluding hydrogens is 533 g/mol. The number of fused-ring (bicyclic) bond motifs is 4. The lowest BCUT2D eigenvalue weighted by Crippen LogP contribution is -2.34. The zero-order valence-electron chi connectivity index (χ0n) is 24.0. The van der Waals surface area contributed by atoms with Crippen molar-refractivity contribution in [2.24, 2.45) is 0 Å². The lowest BCUT2D eigenvalue weighted by atomic mass is 9.82. The molecule has 0 aromatic heterocycles. The maximum Gasteiger partial charge on any atom is 0.254 e. The molecule has 2 unspecified atom stereocenters. The second-order valence-corrected chi connectivity index (χ2v) is 11.7. The number of aliphatic hydroxyl groups is 1. The van der Waals surface area contributed by atoms with Crippen molar-refractivity contribution in [3.8, 4) is 11.5 Å². The molecule has 42 heavy (non-hydrogen) atoms. The van der Waals surface area contributed by atoms with Crippen molar-refractivity contribution in [3.05, 3.63) is 76.6 Å². The quantitative estimate of drug-likeness (QED) is 0.225. The number of anilines is 1. The summed E-state index contributed by atoms with van der Waals surface area (Å²) >= 11 is 0. The third-order valence-corrected chi connectivity index (χ3v) is 8.98. The smallest absolute Gasteiger partial charge is 0.254 e. The number of rotatable bonds is 9. The number of ketones is 1. The van der Waals surface area contributed by atoms with Crippen molar-refractivity contribution >= 4 is 28.2 Å². The molecule has 2 heterocycles. The summed E-state index contributed by atoms with van der Waals surface area (Å²) < 4.78 is 22.3. The molecule has 2 atom stereocenters. The van der Waals surface area contributed by atoms with Gasteiger partial charge in [-0.25, -0.2) is 4.39 Å². The predicted molar refractivity (Wildman–Crippen MR) is 162 cm³/mol. The van der Waals surface area contributed by atoms with Crippen molar-refractivity contribution in [1.82, 2.24) is 10.2 Å². The molecule has 3 aromatic carbocycles. The number of carbonyl (C=O) groups excluding carboxylic acids is 2. The molecule has 1 fully saturated rings. The number of aliphatic hydroxyl groups excluding tert-OH is 1. The third kappa shape index (κ3) is 5.53. The minimum Gasteiger partial charge on any atom is -0.454 e. The number of halogens is 1. The molecule has 2 aliphatic heterocycles. The van der Waals surface area contributed by atoms with Crippen LogP contribution in [0.15, 0.2) is 54.1 Å². The summed E-state index contributed by atoms with van der Waals surface area (Å²) in [6.07, 6.45) is 7.01. The maximum absolute atomic E-state index is 15.8. The van der Waals surface area contributed by atoms with Crippen LogP contribution < -0.4 is 15.4 Å². The number of nitrogens with one attached hydrogen (secondary N) is 2. The van der Waals surface area contributed by atoms with Crippen LogP contribution in [-0.2, 0) is 11.2 Å². The first kappa shape index (κ1) is 28.4. The number of likely N-dealkylation sites (tertiary alicyclic amines) is 1. The zero-order valence-corrected chi connectivity index (χ0v) is 24.0. The van der Waals surface area contributed by atoms with Gasteiger partial charge < -0.3 is 25.4 Å². The average Bonchev–Trinajstić information content (AvgIpc) is 3.32. The molecule has 3 N–H and O–H groups in total. The van der Waals surface area contributed by atoms with Gasteiger partial charge in [-0.3, -0.25) is 9.59 Å². The Bertz CT molecular complexity index is 1550. The molecule has 2 bridgehead atoms. The SMILES string of the molecule is CN1CCCC1CCNC(=O)/C1=C/CC2Cc3c(cc(F)c(NCCCCO)c3Oc3cc4ccccc4cc32)C1=O. The number of amides is 1. The van der Waals surface area contributed by atoms with Crippen LogP contribution >= 0.6 is 0 Å². The van der Waals surface area contributed by atoms with Gasteiger partial charge in [0.05, 0.1) is 5.57 Å². The van der Waals surface area contributed by atoms with Crippen molar-refractivity contribution < 1.29 is 23.8 Å². The lowest BCUT2D eigenvalue weighted by Gasteiger charge is -2.22. The topological polar surface area (TPSA) is 90.9 Å². The van der Waals surface area contributed by atoms with Gasteiger partial charge in [0.15, 0.2) is 17.3 Å². The van der Waals surface area contributed by atoms with Gasteiger partial charge in [0, 0.05) is 36.9 Å². The normalized spacial score (nSPS) is 21.0. The number of ether oxygens (including phenoxy) is 1. The van der Waals surface area contributed by atoms with E-state index in [1.165, 1.54) is 6.07 Å². The fourth-order valence-corrected chi connectivity index (χ4v) is 6.61. The van der Waals surface area contributed by atoms with E-state index in [1.807, 2.05) is 24.3 Å². The standard InChI is InChI=1S/C34H38FN3O4/c1-38-15-6-9-24(38)12-14-37-34(41)25-11-10-23-18-28-27(32(25)40)20-29(35)31(36-13-4-5-16-39)33(28)42-30-19-22-8-3-2-7-21(22)17-26(23)30/h2-3,7-8,11,17,19-20,23-24,36,39H,4-6,9-10,12-16,18H2,1H3,(H,37,41)/b25-11+. The number of allylic oxidation sites excluding steroid dienone is 1. The monoisotopic (exact) mass is 571 g/mol. The molecule has 6 rings (SSSR count). The molecule has 0 spiro atoms. The number of carbonyl (C=O) groups is 2. The average molecular weight is 572 g/mol. The fraction of sp³-hybridized carbons (Fsp3) is 0.412. The van der Waals surface area contributed by atoms with Crippen molar-refractivity contribution in [1.29, 1.82) is 0 Å². The Kier molecular flexibility index (Phi) is 8.27. The largest absolute Gasteiger partial charge is 0.454 e. The van der Waals surface area contributed by atoms with Gasteiger partial charge >= 0.3 is 0 Å². The van der Waals surface area contributed by atoms with E-state index in [-0.39, 0.29) is 29.3 Å². The number of unbranched alkanes of at least 4 members (excludes halogenated alkanes) is 1. The van der Waals surface area contributed by atoms with Gasteiger partial charge in [-0.05, 0) is 99.0 Å². The van der Waals surface area contributed by atoms with Gasteiger partial charge in [0.1, 0.15) is 11.4 Å². The second-order valence-electron chi connectivity index (χ2n) is 11.7. The molecule has 1 aliphatic carbocycles. The summed E-state index contributed by atoms with van der Waals surface area (Å²) in [7, 11) is 2.10. The number of Topliss-reactive ketones (excluding diaryl/α,β-unsaturated/α-hetero) is 1. The van der Waals surface area contributed by atoms with Crippen LogP contribution in [0.5, 0.6) is 11.5 Å². The second kappa shape index (κ2) is 12.2. The maximum atomic E-state index is 15.8. The highest BCUT2D eigenvalue weighted by Crippen LogP contribution is 2.48. The summed E-state index contributed by atoms with van der Waals surface area (Å²) in [5.74, 6) is -0.647. The number of benzene rings is 3. The summed E-state index contributed by atoms with van der Waals surface area (Å²) in [4.78, 5) is 29.7. The molecule has 220 valence electrons. The van der Waals surface area contributed by atoms with Gasteiger partial charge in [-0.15, -0.1) is 0 Å². The van der Waals surface area contributed by atoms with E-state index in [4.69, 9.17) is 4.74 Å². The molecule has 0 radical (unpaired) electrons. The molecule has 0 saturated carbocycles. The van der Waals surface area contributed by atoms with E-state index in [2.05, 4.69) is 34.7 Å². The van der Waals surface area contributed by atoms with E-state index in [9.17, 15) is 14.7 Å². The van der Waals surface area contributed by atoms with Crippen LogP contribution in [0.1, 0.15) is 65.9 Å². The summed E-state index contributed by atoms with van der Waals surface area (Å²) in [5, 5.41) is 17.4. The molecule has 3 aliphatic rings. The van der Waals surface area contributed by atoms with Gasteiger partial charge in [0.25, 0.3) is 5.91 Å². The molecular formula is C34H38FN3O4. The molecule has 7 nitrogen and oxygen atoms in total. The Balaban J connectivity index is 1.39. The van der Waals surface area contributed by atoms with E-state index in [0.29, 0.717) is 61.9 Å². The van der Waals surface area contributed by atoms with Gasteiger partial charge in [0.2, 0.25) is 0 Å². The fourth-order valence-electron chi connectivity index (χ4n) is 6.61. The Labute approximate surface area is 245 Å². The van der Waals surface area contributed by atoms with Crippen molar-refractivity contribution in [2.75, 3.05) is 38.6 Å². The first-order valence-electron chi connectivity index (χ1n) is 15.1. The van der Waals surface area contributed by atoms with Crippen LogP contribution in [-0.4, -0.2) is 61.0 Å². The summed E-state index contributed by atoms with van der Waals surface area (Å²) in [5.41, 5.74) is 2.01. The van der Waals surface area contributed by atoms with Crippen LogP contribution in [0.3, 0.4) is 0 Å². The molecule has 3 aromatic rings. The van der Waals surface area contributed by atoms with Crippen molar-refractivity contribution in [2.45, 2.75) is 56.9 Å². The Morgan fingerprint density at radius 2 is 1.95 bits per heavy atom. The molecule has 1 amide bonds. The first-order chi connectivity index (χ1) is 20.4. The highest BCUT2D eigenvalue weighted by atomic mass is 19.1. The minimum absolute atomic E-state index is 0.0546. The Morgan fingerprint density at radius 1 is 1.14 bits per heavy atom. The zero-order chi connectivity index (χ0) is 29.2. The van der Waals surface area contributed by atoms with Crippen LogP contribution in [0.4, 0.5) is 10.1 Å². The van der Waals surface area contributed by atoms with Crippen LogP contribution in [0.25, 0.3) is 10.8 Å². The number of hydrogen-bond acceptors (Lipinski definition) is 6. The highest BCUT2D eigenvalue weighted by Gasteiger charge is 2.35. The minimum atomic E-state index is -0.605. The summed E-state index contributed by atoms with van der Waals surface area (Å²) in [6, 6.07) is 13.8. The Morgan fingerprint density at radius 3 is 2.71 bits per heavy atom. The van der Waals surface area contributed by atoms with Crippen LogP contribution in [0, 0.1) is 5.82 Å². The van der Waals surface area contributed by atoms with Crippen LogP contribution in [0.2, 0.25) is 0 Å². The number of hydrogen-bond donors (Lipinski definition) is 3. The van der Waals surface area contributed by atoms with E-state index >= 15 is 4.39 Å². The first-order valence-corrected chi connectivity index (χ1v) is 15.1.